The first kappa shape index (κ1) is 26.8. The summed E-state index contributed by atoms with van der Waals surface area (Å²) in [6.07, 6.45) is 9.31. The summed E-state index contributed by atoms with van der Waals surface area (Å²) >= 11 is 0. The molecule has 48 heavy (non-hydrogen) atoms. The first-order valence-electron chi connectivity index (χ1n) is 16.2. The fourth-order valence-electron chi connectivity index (χ4n) is 7.13. The van der Waals surface area contributed by atoms with Crippen molar-refractivity contribution in [3.05, 3.63) is 151 Å². The number of hydrogen-bond acceptors (Lipinski definition) is 5. The van der Waals surface area contributed by atoms with E-state index in [9.17, 15) is 0 Å². The van der Waals surface area contributed by atoms with Gasteiger partial charge in [-0.15, -0.1) is 0 Å². The molecule has 0 aliphatic heterocycles. The van der Waals surface area contributed by atoms with E-state index in [4.69, 9.17) is 23.8 Å². The maximum Gasteiger partial charge on any atom is 0.164 e. The Morgan fingerprint density at radius 1 is 0.521 bits per heavy atom. The van der Waals surface area contributed by atoms with Crippen LogP contribution in [0.5, 0.6) is 0 Å². The molecule has 10 rings (SSSR count). The number of fused-ring (bicyclic) bond motifs is 7. The second-order valence-electron chi connectivity index (χ2n) is 12.3. The van der Waals surface area contributed by atoms with E-state index in [1.165, 1.54) is 5.39 Å². The SMILES string of the molecule is C1=CCC(c2nc(-c3ccccc3)nc(-c3ccc(-c4cccc5oc6cc7ccccc7cc6c45)c4oc5ccccc5c34)n2)C=C1. The van der Waals surface area contributed by atoms with E-state index >= 15 is 0 Å². The molecule has 5 nitrogen and oxygen atoms in total. The Kier molecular flexibility index (Phi) is 5.93. The van der Waals surface area contributed by atoms with Gasteiger partial charge in [0.2, 0.25) is 0 Å². The zero-order chi connectivity index (χ0) is 31.6. The number of rotatable bonds is 4. The van der Waals surface area contributed by atoms with Gasteiger partial charge in [-0.2, -0.15) is 0 Å². The van der Waals surface area contributed by atoms with E-state index in [-0.39, 0.29) is 5.92 Å². The van der Waals surface area contributed by atoms with Gasteiger partial charge in [0.05, 0.1) is 0 Å². The van der Waals surface area contributed by atoms with Crippen molar-refractivity contribution in [2.45, 2.75) is 12.3 Å². The molecule has 0 N–H and O–H groups in total. The van der Waals surface area contributed by atoms with Crippen molar-refractivity contribution >= 4 is 54.6 Å². The molecule has 3 aromatic heterocycles. The van der Waals surface area contributed by atoms with Crippen LogP contribution in [0.25, 0.3) is 88.6 Å². The average molecular weight is 618 g/mol. The molecule has 1 aliphatic rings. The summed E-state index contributed by atoms with van der Waals surface area (Å²) in [5.74, 6) is 2.11. The number of hydrogen-bond donors (Lipinski definition) is 0. The highest BCUT2D eigenvalue weighted by Gasteiger charge is 2.23. The fraction of sp³-hybridized carbons (Fsp3) is 0.0465. The monoisotopic (exact) mass is 617 g/mol. The van der Waals surface area contributed by atoms with Crippen LogP contribution in [0.15, 0.2) is 154 Å². The molecule has 0 saturated heterocycles. The lowest BCUT2D eigenvalue weighted by atomic mass is 9.94. The molecule has 1 unspecified atom stereocenters. The van der Waals surface area contributed by atoms with Crippen LogP contribution in [0.2, 0.25) is 0 Å². The predicted octanol–water partition coefficient (Wildman–Crippen LogP) is 11.4. The molecule has 0 spiro atoms. The lowest BCUT2D eigenvalue weighted by Gasteiger charge is -2.15. The van der Waals surface area contributed by atoms with Crippen LogP contribution in [0.4, 0.5) is 0 Å². The molecule has 0 amide bonds. The zero-order valence-corrected chi connectivity index (χ0v) is 25.8. The Labute approximate surface area is 275 Å². The molecule has 5 heteroatoms. The van der Waals surface area contributed by atoms with Gasteiger partial charge in [-0.05, 0) is 59.2 Å². The highest BCUT2D eigenvalue weighted by atomic mass is 16.3. The Morgan fingerprint density at radius 2 is 1.29 bits per heavy atom. The third-order valence-electron chi connectivity index (χ3n) is 9.42. The minimum absolute atomic E-state index is 0.0677. The summed E-state index contributed by atoms with van der Waals surface area (Å²) in [6.45, 7) is 0. The van der Waals surface area contributed by atoms with Gasteiger partial charge in [0.1, 0.15) is 28.2 Å². The normalized spacial score (nSPS) is 14.6. The quantitative estimate of drug-likeness (QED) is 0.197. The van der Waals surface area contributed by atoms with Crippen molar-refractivity contribution in [2.24, 2.45) is 0 Å². The minimum atomic E-state index is 0.0677. The van der Waals surface area contributed by atoms with E-state index in [0.29, 0.717) is 11.6 Å². The molecule has 3 heterocycles. The minimum Gasteiger partial charge on any atom is -0.456 e. The van der Waals surface area contributed by atoms with Crippen molar-refractivity contribution < 1.29 is 8.83 Å². The Morgan fingerprint density at radius 3 is 2.17 bits per heavy atom. The summed E-state index contributed by atoms with van der Waals surface area (Å²) in [6, 6.07) is 41.6. The standard InChI is InChI=1S/C43H27N3O2/c1-3-12-26(13-4-1)41-44-42(27-14-5-2-6-15-27)46-43(45-41)33-23-22-31(40-39(33)32-18-9-10-20-35(32)48-40)30-19-11-21-36-38(30)34-24-28-16-7-8-17-29(28)25-37(34)47-36/h1-14,16-25,27H,15H2. The molecule has 0 fully saturated rings. The smallest absolute Gasteiger partial charge is 0.164 e. The number of aromatic nitrogens is 3. The lowest BCUT2D eigenvalue weighted by Crippen LogP contribution is -2.08. The summed E-state index contributed by atoms with van der Waals surface area (Å²) in [5, 5.41) is 6.48. The number of furan rings is 2. The van der Waals surface area contributed by atoms with Crippen LogP contribution >= 0.6 is 0 Å². The molecule has 226 valence electrons. The Balaban J connectivity index is 1.25. The topological polar surface area (TPSA) is 65.0 Å². The van der Waals surface area contributed by atoms with Gasteiger partial charge in [-0.3, -0.25) is 0 Å². The first-order valence-corrected chi connectivity index (χ1v) is 16.2. The van der Waals surface area contributed by atoms with Crippen LogP contribution in [-0.4, -0.2) is 15.0 Å². The Hall–Kier alpha value is -6.33. The summed E-state index contributed by atoms with van der Waals surface area (Å²) < 4.78 is 13.2. The van der Waals surface area contributed by atoms with Crippen molar-refractivity contribution in [1.82, 2.24) is 15.0 Å². The van der Waals surface area contributed by atoms with Crippen LogP contribution in [-0.2, 0) is 0 Å². The van der Waals surface area contributed by atoms with Gasteiger partial charge in [-0.25, -0.2) is 15.0 Å². The highest BCUT2D eigenvalue weighted by Crippen LogP contribution is 2.45. The summed E-state index contributed by atoms with van der Waals surface area (Å²) in [5.41, 5.74) is 7.22. The number of nitrogens with zero attached hydrogens (tertiary/aromatic N) is 3. The molecule has 9 aromatic rings. The maximum absolute atomic E-state index is 6.75. The van der Waals surface area contributed by atoms with Crippen LogP contribution in [0.3, 0.4) is 0 Å². The van der Waals surface area contributed by atoms with Gasteiger partial charge < -0.3 is 8.83 Å². The van der Waals surface area contributed by atoms with Gasteiger partial charge >= 0.3 is 0 Å². The van der Waals surface area contributed by atoms with Crippen LogP contribution in [0.1, 0.15) is 18.2 Å². The molecule has 1 aliphatic carbocycles. The molecule has 0 bridgehead atoms. The molecule has 0 saturated carbocycles. The molecule has 1 atom stereocenters. The molecule has 6 aromatic carbocycles. The molecular weight excluding hydrogens is 590 g/mol. The third kappa shape index (κ3) is 4.21. The van der Waals surface area contributed by atoms with Gasteiger partial charge in [-0.1, -0.05) is 109 Å². The predicted molar refractivity (Wildman–Crippen MR) is 194 cm³/mol. The second kappa shape index (κ2) is 10.6. The van der Waals surface area contributed by atoms with Crippen molar-refractivity contribution in [3.63, 3.8) is 0 Å². The molecule has 0 radical (unpaired) electrons. The number of allylic oxidation sites excluding steroid dienone is 4. The van der Waals surface area contributed by atoms with E-state index < -0.39 is 0 Å². The summed E-state index contributed by atoms with van der Waals surface area (Å²) in [4.78, 5) is 15.2. The van der Waals surface area contributed by atoms with E-state index in [1.807, 2.05) is 48.5 Å². The molecular formula is C43H27N3O2. The van der Waals surface area contributed by atoms with Crippen molar-refractivity contribution in [1.29, 1.82) is 0 Å². The number of para-hydroxylation sites is 1. The third-order valence-corrected chi connectivity index (χ3v) is 9.42. The second-order valence-corrected chi connectivity index (χ2v) is 12.3. The summed E-state index contributed by atoms with van der Waals surface area (Å²) in [7, 11) is 0. The highest BCUT2D eigenvalue weighted by molar-refractivity contribution is 6.21. The Bertz CT molecular complexity index is 2770. The lowest BCUT2D eigenvalue weighted by molar-refractivity contribution is 0.669. The van der Waals surface area contributed by atoms with E-state index in [2.05, 4.69) is 97.1 Å². The fourth-order valence-corrected chi connectivity index (χ4v) is 7.13. The van der Waals surface area contributed by atoms with Crippen molar-refractivity contribution in [3.8, 4) is 33.9 Å². The van der Waals surface area contributed by atoms with Crippen LogP contribution in [0, 0.1) is 0 Å². The van der Waals surface area contributed by atoms with Gasteiger partial charge in [0, 0.05) is 44.2 Å². The van der Waals surface area contributed by atoms with Crippen LogP contribution < -0.4 is 0 Å². The van der Waals surface area contributed by atoms with Crippen molar-refractivity contribution in [2.75, 3.05) is 0 Å². The maximum atomic E-state index is 6.75. The number of benzene rings is 6. The largest absolute Gasteiger partial charge is 0.456 e. The average Bonchev–Trinajstić information content (AvgIpc) is 3.72. The van der Waals surface area contributed by atoms with Gasteiger partial charge in [0.25, 0.3) is 0 Å². The zero-order valence-electron chi connectivity index (χ0n) is 25.8. The van der Waals surface area contributed by atoms with E-state index in [1.54, 1.807) is 0 Å². The first-order chi connectivity index (χ1) is 23.8. The van der Waals surface area contributed by atoms with Gasteiger partial charge in [0.15, 0.2) is 11.6 Å². The van der Waals surface area contributed by atoms with E-state index in [0.717, 1.165) is 83.8 Å².